The van der Waals surface area contributed by atoms with Crippen molar-refractivity contribution in [3.63, 3.8) is 0 Å². The smallest absolute Gasteiger partial charge is 0.439 e. The number of aromatic hydroxyl groups is 3. The van der Waals surface area contributed by atoms with Crippen molar-refractivity contribution < 1.29 is 43.8 Å². The monoisotopic (exact) mass is 883 g/mol. The molecule has 0 aliphatic carbocycles. The lowest BCUT2D eigenvalue weighted by Gasteiger charge is -2.39. The van der Waals surface area contributed by atoms with E-state index in [9.17, 15) is 34.5 Å². The number of amidine groups is 1. The molecule has 1 unspecified atom stereocenters. The number of urea groups is 1. The van der Waals surface area contributed by atoms with Crippen LogP contribution in [0.3, 0.4) is 0 Å². The summed E-state index contributed by atoms with van der Waals surface area (Å²) >= 11 is 0. The minimum absolute atomic E-state index is 0.0356. The lowest BCUT2D eigenvalue weighted by molar-refractivity contribution is -0.330. The Morgan fingerprint density at radius 1 is 0.938 bits per heavy atom. The molecule has 3 amide bonds. The molecule has 0 bridgehead atoms. The number of nitrogens with zero attached hydrogens (tertiary/aromatic N) is 6. The van der Waals surface area contributed by atoms with Gasteiger partial charge in [-0.15, -0.1) is 0 Å². The molecule has 3 aromatic heterocycles. The van der Waals surface area contributed by atoms with E-state index in [2.05, 4.69) is 4.90 Å². The molecule has 65 heavy (non-hydrogen) atoms. The fourth-order valence-electron chi connectivity index (χ4n) is 9.69. The van der Waals surface area contributed by atoms with E-state index in [4.69, 9.17) is 25.9 Å². The molecular formula is C48H51N8O9+. The standard InChI is InChI=1S/C48H50N8O9/c1-6-30-32-18-29(57)9-10-37(32)51-42-34(30)23-55-39(42)20-36-35(44(55)60)24-64-45(61)48(36,7-2)65-47(63)54-14-12-53(13-15-54)22-28-17-26-16-27(8-11-38(26)52(28)5)56(46(50)62)43(49)33-19-31(25(3)4)40(58)21-41(33)59/h8-11,16-21,25H,6-7,12-15,22-24H2,1-5H3,(H6,49,50,57,58,59,60,62)/p+1. The van der Waals surface area contributed by atoms with E-state index >= 15 is 0 Å². The molecule has 0 spiro atoms. The number of primary amides is 1. The summed E-state index contributed by atoms with van der Waals surface area (Å²) in [4.78, 5) is 63.5. The van der Waals surface area contributed by atoms with Gasteiger partial charge in [0.05, 0.1) is 34.6 Å². The van der Waals surface area contributed by atoms with Crippen LogP contribution in [0.1, 0.15) is 79.1 Å². The Labute approximate surface area is 373 Å². The van der Waals surface area contributed by atoms with Gasteiger partial charge < -0.3 is 44.6 Å². The molecule has 1 saturated heterocycles. The van der Waals surface area contributed by atoms with Crippen LogP contribution in [0.25, 0.3) is 33.2 Å². The van der Waals surface area contributed by atoms with Gasteiger partial charge in [0.1, 0.15) is 29.5 Å². The van der Waals surface area contributed by atoms with E-state index in [-0.39, 0.29) is 65.3 Å². The zero-order chi connectivity index (χ0) is 46.2. The molecule has 1 atom stereocenters. The third-order valence-electron chi connectivity index (χ3n) is 13.3. The first kappa shape index (κ1) is 42.9. The van der Waals surface area contributed by atoms with E-state index in [1.807, 2.05) is 44.5 Å². The average molecular weight is 884 g/mol. The minimum Gasteiger partial charge on any atom is -0.508 e. The average Bonchev–Trinajstić information content (AvgIpc) is 3.79. The van der Waals surface area contributed by atoms with Crippen LogP contribution >= 0.6 is 0 Å². The van der Waals surface area contributed by atoms with Gasteiger partial charge in [0.2, 0.25) is 11.4 Å². The molecule has 3 aliphatic rings. The van der Waals surface area contributed by atoms with Crippen LogP contribution in [-0.2, 0) is 53.0 Å². The van der Waals surface area contributed by atoms with Crippen LogP contribution in [0.15, 0.2) is 65.5 Å². The summed E-state index contributed by atoms with van der Waals surface area (Å²) in [5.41, 5.74) is 17.3. The maximum absolute atomic E-state index is 14.2. The second-order valence-electron chi connectivity index (χ2n) is 17.3. The van der Waals surface area contributed by atoms with Crippen molar-refractivity contribution in [3.8, 4) is 28.6 Å². The van der Waals surface area contributed by atoms with Crippen molar-refractivity contribution in [3.05, 3.63) is 110 Å². The third-order valence-corrected chi connectivity index (χ3v) is 13.3. The van der Waals surface area contributed by atoms with Crippen molar-refractivity contribution >= 4 is 51.4 Å². The number of ether oxygens (including phenoxy) is 2. The molecule has 336 valence electrons. The van der Waals surface area contributed by atoms with Gasteiger partial charge >= 0.3 is 18.1 Å². The van der Waals surface area contributed by atoms with Crippen LogP contribution in [0.2, 0.25) is 0 Å². The number of benzene rings is 3. The van der Waals surface area contributed by atoms with Crippen LogP contribution in [-0.4, -0.2) is 93.9 Å². The Balaban J connectivity index is 0.935. The number of amides is 3. The van der Waals surface area contributed by atoms with Crippen molar-refractivity contribution in [1.29, 1.82) is 0 Å². The van der Waals surface area contributed by atoms with Crippen LogP contribution in [0, 0.1) is 0 Å². The number of carbonyl (C=O) groups excluding carboxylic acids is 3. The third kappa shape index (κ3) is 6.97. The van der Waals surface area contributed by atoms with Gasteiger partial charge in [-0.05, 0) is 84.5 Å². The predicted octanol–water partition coefficient (Wildman–Crippen LogP) is 5.46. The van der Waals surface area contributed by atoms with Gasteiger partial charge in [0.25, 0.3) is 5.56 Å². The number of aromatic nitrogens is 3. The van der Waals surface area contributed by atoms with Gasteiger partial charge in [0.15, 0.2) is 0 Å². The van der Waals surface area contributed by atoms with E-state index in [1.165, 1.54) is 6.07 Å². The molecule has 0 saturated carbocycles. The first-order valence-electron chi connectivity index (χ1n) is 21.7. The molecule has 3 aromatic carbocycles. The summed E-state index contributed by atoms with van der Waals surface area (Å²) in [7, 11) is 1.94. The number of esters is 1. The molecule has 9 rings (SSSR count). The van der Waals surface area contributed by atoms with Gasteiger partial charge in [-0.1, -0.05) is 27.7 Å². The second kappa shape index (κ2) is 16.0. The summed E-state index contributed by atoms with van der Waals surface area (Å²) in [6.45, 7) is 9.69. The van der Waals surface area contributed by atoms with Crippen molar-refractivity contribution in [2.24, 2.45) is 18.5 Å². The second-order valence-corrected chi connectivity index (χ2v) is 17.3. The van der Waals surface area contributed by atoms with Crippen LogP contribution < -0.4 is 17.0 Å². The number of phenolic OH excluding ortho intramolecular Hbond substituents is 3. The number of aryl methyl sites for hydroxylation is 2. The Morgan fingerprint density at radius 2 is 1.69 bits per heavy atom. The summed E-state index contributed by atoms with van der Waals surface area (Å²) in [6.07, 6.45) is -0.0133. The molecule has 17 heteroatoms. The fraction of sp³-hybridized carbons (Fsp3) is 0.333. The highest BCUT2D eigenvalue weighted by Gasteiger charge is 2.51. The van der Waals surface area contributed by atoms with Gasteiger partial charge in [0, 0.05) is 78.9 Å². The molecule has 3 aliphatic heterocycles. The largest absolute Gasteiger partial charge is 0.508 e. The van der Waals surface area contributed by atoms with Gasteiger partial charge in [-0.25, -0.2) is 19.4 Å². The van der Waals surface area contributed by atoms with Crippen LogP contribution in [0.4, 0.5) is 15.3 Å². The number of hydrogen-bond donors (Lipinski definition) is 5. The first-order chi connectivity index (χ1) is 31.0. The lowest BCUT2D eigenvalue weighted by atomic mass is 9.85. The highest BCUT2D eigenvalue weighted by Crippen LogP contribution is 2.43. The normalized spacial score (nSPS) is 17.5. The summed E-state index contributed by atoms with van der Waals surface area (Å²) in [5.74, 6) is -1.19. The number of nitrogens with two attached hydrogens (primary N) is 2. The molecule has 17 nitrogen and oxygen atoms in total. The molecule has 6 heterocycles. The Hall–Kier alpha value is -7.40. The first-order valence-corrected chi connectivity index (χ1v) is 21.7. The van der Waals surface area contributed by atoms with Crippen molar-refractivity contribution in [1.82, 2.24) is 23.9 Å². The summed E-state index contributed by atoms with van der Waals surface area (Å²) in [5, 5.41) is 32.9. The number of cyclic esters (lactones) is 1. The number of fused-ring (bicyclic) bond motifs is 6. The molecule has 0 radical (unpaired) electrons. The van der Waals surface area contributed by atoms with Crippen molar-refractivity contribution in [2.45, 2.75) is 71.8 Å². The Bertz CT molecular complexity index is 3110. The highest BCUT2D eigenvalue weighted by atomic mass is 16.6. The predicted molar refractivity (Wildman–Crippen MR) is 241 cm³/mol. The number of hydrogen-bond acceptors (Lipinski definition) is 11. The van der Waals surface area contributed by atoms with Gasteiger partial charge in [-0.2, -0.15) is 4.58 Å². The Kier molecular flexibility index (Phi) is 10.5. The summed E-state index contributed by atoms with van der Waals surface area (Å²) in [6, 6.07) is 16.0. The quantitative estimate of drug-likeness (QED) is 0.0554. The maximum Gasteiger partial charge on any atom is 0.439 e. The molecule has 1 fully saturated rings. The Morgan fingerprint density at radius 3 is 2.38 bits per heavy atom. The lowest BCUT2D eigenvalue weighted by Crippen LogP contribution is -2.53. The summed E-state index contributed by atoms with van der Waals surface area (Å²) < 4.78 is 16.6. The number of pyridine rings is 2. The molecular weight excluding hydrogens is 833 g/mol. The van der Waals surface area contributed by atoms with Crippen molar-refractivity contribution in [2.75, 3.05) is 26.2 Å². The zero-order valence-electron chi connectivity index (χ0n) is 36.8. The number of piperazine rings is 1. The highest BCUT2D eigenvalue weighted by molar-refractivity contribution is 6.00. The SMILES string of the molecule is CCc1c2c(nc3ccc(O)cc13)-c1cc3c(c(=O)n1C2)COC(=O)C3(CC)OC(=O)N1CCN(Cc2cc3cc(/[N+](C(N)=O)=C(/N)c4cc(C(C)C)c(O)cc4O)ccc3n2C)CC1. The fourth-order valence-corrected chi connectivity index (χ4v) is 9.69. The molecule has 7 N–H and O–H groups in total. The van der Waals surface area contributed by atoms with E-state index < -0.39 is 23.7 Å². The van der Waals surface area contributed by atoms with E-state index in [1.54, 1.807) is 58.9 Å². The number of phenols is 3. The minimum atomic E-state index is -1.86. The van der Waals surface area contributed by atoms with Gasteiger partial charge in [-0.3, -0.25) is 15.4 Å². The topological polar surface area (TPSA) is 232 Å². The number of carbonyl (C=O) groups is 3. The van der Waals surface area contributed by atoms with E-state index in [0.717, 1.165) is 37.7 Å². The zero-order valence-corrected chi connectivity index (χ0v) is 36.8. The maximum atomic E-state index is 14.2. The van der Waals surface area contributed by atoms with E-state index in [0.29, 0.717) is 72.9 Å². The molecule has 6 aromatic rings. The van der Waals surface area contributed by atoms with Crippen LogP contribution in [0.5, 0.6) is 17.2 Å². The number of rotatable bonds is 8.